The van der Waals surface area contributed by atoms with Crippen LogP contribution in [-0.4, -0.2) is 17.2 Å². The van der Waals surface area contributed by atoms with E-state index in [1.807, 2.05) is 30.3 Å². The molecule has 0 amide bonds. The van der Waals surface area contributed by atoms with Gasteiger partial charge in [0.15, 0.2) is 0 Å². The number of azo groups is 1. The molecule has 2 aromatic rings. The molecule has 2 N–H and O–H groups in total. The average molecular weight is 226 g/mol. The summed E-state index contributed by atoms with van der Waals surface area (Å²) >= 11 is 0. The Hall–Kier alpha value is -1.98. The molecule has 0 aliphatic heterocycles. The van der Waals surface area contributed by atoms with Crippen molar-refractivity contribution in [2.75, 3.05) is 0 Å². The molecule has 0 saturated carbocycles. The fourth-order valence-corrected chi connectivity index (χ4v) is 1.36. The quantitative estimate of drug-likeness (QED) is 0.618. The second-order valence-corrected chi connectivity index (χ2v) is 3.50. The Morgan fingerprint density at radius 2 is 1.41 bits per heavy atom. The van der Waals surface area contributed by atoms with E-state index in [1.165, 1.54) is 0 Å². The Morgan fingerprint density at radius 1 is 0.765 bits per heavy atom. The normalized spacial score (nSPS) is 10.7. The Bertz CT molecular complexity index is 515. The molecule has 0 atom stereocenters. The van der Waals surface area contributed by atoms with Gasteiger partial charge in [0.05, 0.1) is 11.4 Å². The minimum Gasteiger partial charge on any atom is -0.423 e. The summed E-state index contributed by atoms with van der Waals surface area (Å²) in [6.07, 6.45) is 0. The molecule has 0 radical (unpaired) electrons. The maximum atomic E-state index is 9.02. The molecule has 0 unspecified atom stereocenters. The predicted octanol–water partition coefficient (Wildman–Crippen LogP) is 1.78. The molecule has 0 heterocycles. The third-order valence-electron chi connectivity index (χ3n) is 2.21. The standard InChI is InChI=1S/C12H11BN2O2/c16-13(17)10-5-4-8-12(9-10)15-14-11-6-2-1-3-7-11/h1-9,16-17H. The summed E-state index contributed by atoms with van der Waals surface area (Å²) in [5.41, 5.74) is 1.73. The first-order valence-electron chi connectivity index (χ1n) is 5.18. The number of benzene rings is 2. The number of hydrogen-bond donors (Lipinski definition) is 2. The van der Waals surface area contributed by atoms with Gasteiger partial charge in [0, 0.05) is 0 Å². The molecule has 0 bridgehead atoms. The third kappa shape index (κ3) is 3.24. The molecular formula is C12H11BN2O2. The van der Waals surface area contributed by atoms with Crippen molar-refractivity contribution in [1.29, 1.82) is 0 Å². The van der Waals surface area contributed by atoms with Crippen LogP contribution in [0, 0.1) is 0 Å². The van der Waals surface area contributed by atoms with Gasteiger partial charge in [-0.05, 0) is 29.7 Å². The molecule has 0 saturated heterocycles. The van der Waals surface area contributed by atoms with Crippen LogP contribution in [0.5, 0.6) is 0 Å². The fraction of sp³-hybridized carbons (Fsp3) is 0. The van der Waals surface area contributed by atoms with E-state index in [1.54, 1.807) is 24.3 Å². The molecule has 0 aromatic heterocycles. The van der Waals surface area contributed by atoms with Gasteiger partial charge in [0.2, 0.25) is 0 Å². The van der Waals surface area contributed by atoms with Gasteiger partial charge in [-0.25, -0.2) is 0 Å². The van der Waals surface area contributed by atoms with Crippen molar-refractivity contribution in [3.8, 4) is 0 Å². The molecule has 5 heteroatoms. The smallest absolute Gasteiger partial charge is 0.423 e. The van der Waals surface area contributed by atoms with Gasteiger partial charge in [-0.3, -0.25) is 0 Å². The van der Waals surface area contributed by atoms with E-state index in [0.29, 0.717) is 11.2 Å². The zero-order valence-corrected chi connectivity index (χ0v) is 9.06. The van der Waals surface area contributed by atoms with Gasteiger partial charge >= 0.3 is 7.12 Å². The Labute approximate surface area is 99.4 Å². The van der Waals surface area contributed by atoms with E-state index < -0.39 is 7.12 Å². The monoisotopic (exact) mass is 226 g/mol. The van der Waals surface area contributed by atoms with Crippen molar-refractivity contribution in [2.45, 2.75) is 0 Å². The minimum absolute atomic E-state index is 0.398. The lowest BCUT2D eigenvalue weighted by Crippen LogP contribution is -2.29. The maximum Gasteiger partial charge on any atom is 0.488 e. The van der Waals surface area contributed by atoms with Crippen LogP contribution >= 0.6 is 0 Å². The zero-order valence-electron chi connectivity index (χ0n) is 9.06. The van der Waals surface area contributed by atoms with Gasteiger partial charge in [-0.15, -0.1) is 0 Å². The van der Waals surface area contributed by atoms with Gasteiger partial charge in [-0.1, -0.05) is 30.3 Å². The van der Waals surface area contributed by atoms with Crippen LogP contribution in [-0.2, 0) is 0 Å². The summed E-state index contributed by atoms with van der Waals surface area (Å²) < 4.78 is 0. The Kier molecular flexibility index (Phi) is 3.64. The van der Waals surface area contributed by atoms with E-state index in [-0.39, 0.29) is 0 Å². The summed E-state index contributed by atoms with van der Waals surface area (Å²) in [5, 5.41) is 26.1. The lowest BCUT2D eigenvalue weighted by molar-refractivity contribution is 0.426. The van der Waals surface area contributed by atoms with Crippen LogP contribution in [0.15, 0.2) is 64.8 Å². The van der Waals surface area contributed by atoms with Crippen LogP contribution in [0.4, 0.5) is 11.4 Å². The summed E-state index contributed by atoms with van der Waals surface area (Å²) in [6, 6.07) is 16.0. The first-order valence-corrected chi connectivity index (χ1v) is 5.18. The van der Waals surface area contributed by atoms with Crippen LogP contribution in [0.2, 0.25) is 0 Å². The molecule has 0 fully saturated rings. The molecule has 0 spiro atoms. The summed E-state index contributed by atoms with van der Waals surface area (Å²) in [7, 11) is -1.48. The fourth-order valence-electron chi connectivity index (χ4n) is 1.36. The molecule has 0 aliphatic carbocycles. The topological polar surface area (TPSA) is 65.2 Å². The lowest BCUT2D eigenvalue weighted by atomic mass is 9.80. The van der Waals surface area contributed by atoms with Crippen molar-refractivity contribution >= 4 is 24.0 Å². The largest absolute Gasteiger partial charge is 0.488 e. The van der Waals surface area contributed by atoms with Gasteiger partial charge in [0.1, 0.15) is 0 Å². The van der Waals surface area contributed by atoms with Crippen LogP contribution < -0.4 is 5.46 Å². The zero-order chi connectivity index (χ0) is 12.1. The van der Waals surface area contributed by atoms with E-state index in [4.69, 9.17) is 10.0 Å². The average Bonchev–Trinajstić information content (AvgIpc) is 2.38. The highest BCUT2D eigenvalue weighted by Gasteiger charge is 2.10. The van der Waals surface area contributed by atoms with Crippen molar-refractivity contribution in [2.24, 2.45) is 10.2 Å². The highest BCUT2D eigenvalue weighted by molar-refractivity contribution is 6.58. The lowest BCUT2D eigenvalue weighted by Gasteiger charge is -1.99. The predicted molar refractivity (Wildman–Crippen MR) is 66.9 cm³/mol. The molecule has 4 nitrogen and oxygen atoms in total. The number of rotatable bonds is 3. The summed E-state index contributed by atoms with van der Waals surface area (Å²) in [5.74, 6) is 0. The second kappa shape index (κ2) is 5.38. The summed E-state index contributed by atoms with van der Waals surface area (Å²) in [4.78, 5) is 0. The van der Waals surface area contributed by atoms with Gasteiger partial charge in [-0.2, -0.15) is 10.2 Å². The van der Waals surface area contributed by atoms with Gasteiger partial charge in [0.25, 0.3) is 0 Å². The Balaban J connectivity index is 2.19. The van der Waals surface area contributed by atoms with E-state index in [2.05, 4.69) is 10.2 Å². The first-order chi connectivity index (χ1) is 8.25. The molecule has 2 rings (SSSR count). The van der Waals surface area contributed by atoms with Crippen molar-refractivity contribution < 1.29 is 10.0 Å². The van der Waals surface area contributed by atoms with Crippen molar-refractivity contribution in [3.05, 3.63) is 54.6 Å². The van der Waals surface area contributed by atoms with E-state index >= 15 is 0 Å². The van der Waals surface area contributed by atoms with Crippen molar-refractivity contribution in [1.82, 2.24) is 0 Å². The first kappa shape index (κ1) is 11.5. The van der Waals surface area contributed by atoms with Crippen LogP contribution in [0.3, 0.4) is 0 Å². The van der Waals surface area contributed by atoms with E-state index in [0.717, 1.165) is 5.69 Å². The van der Waals surface area contributed by atoms with E-state index in [9.17, 15) is 0 Å². The Morgan fingerprint density at radius 3 is 2.12 bits per heavy atom. The molecule has 84 valence electrons. The molecule has 2 aromatic carbocycles. The molecule has 17 heavy (non-hydrogen) atoms. The SMILES string of the molecule is OB(O)c1cccc(N=Nc2ccccc2)c1. The van der Waals surface area contributed by atoms with Crippen molar-refractivity contribution in [3.63, 3.8) is 0 Å². The third-order valence-corrected chi connectivity index (χ3v) is 2.21. The minimum atomic E-state index is -1.48. The second-order valence-electron chi connectivity index (χ2n) is 3.50. The highest BCUT2D eigenvalue weighted by atomic mass is 16.4. The van der Waals surface area contributed by atoms with Gasteiger partial charge < -0.3 is 10.0 Å². The van der Waals surface area contributed by atoms with Crippen LogP contribution in [0.1, 0.15) is 0 Å². The van der Waals surface area contributed by atoms with Crippen LogP contribution in [0.25, 0.3) is 0 Å². The molecule has 0 aliphatic rings. The maximum absolute atomic E-state index is 9.02. The number of hydrogen-bond acceptors (Lipinski definition) is 4. The molecular weight excluding hydrogens is 215 g/mol. The summed E-state index contributed by atoms with van der Waals surface area (Å²) in [6.45, 7) is 0. The number of nitrogens with zero attached hydrogens (tertiary/aromatic N) is 2. The highest BCUT2D eigenvalue weighted by Crippen LogP contribution is 2.16.